The van der Waals surface area contributed by atoms with Gasteiger partial charge in [-0.3, -0.25) is 4.79 Å². The van der Waals surface area contributed by atoms with Crippen LogP contribution in [0.25, 0.3) is 11.1 Å². The molecule has 0 amide bonds. The zero-order chi connectivity index (χ0) is 21.0. The first kappa shape index (κ1) is 20.7. The summed E-state index contributed by atoms with van der Waals surface area (Å²) in [6.07, 6.45) is -5.40. The molecule has 2 aromatic rings. The first-order valence-electron chi connectivity index (χ1n) is 8.96. The van der Waals surface area contributed by atoms with E-state index >= 15 is 0 Å². The van der Waals surface area contributed by atoms with Gasteiger partial charge in [-0.2, -0.15) is 9.81 Å². The van der Waals surface area contributed by atoms with E-state index in [0.717, 1.165) is 11.1 Å². The summed E-state index contributed by atoms with van der Waals surface area (Å²) in [7, 11) is 0. The van der Waals surface area contributed by atoms with Crippen LogP contribution in [0.5, 0.6) is 5.75 Å². The molecule has 2 unspecified atom stereocenters. The molecule has 1 aliphatic heterocycles. The number of ketones is 1. The summed E-state index contributed by atoms with van der Waals surface area (Å²) in [4.78, 5) is 33.1. The lowest BCUT2D eigenvalue weighted by atomic mass is 9.97. The Morgan fingerprint density at radius 1 is 1.07 bits per heavy atom. The van der Waals surface area contributed by atoms with E-state index in [1.165, 1.54) is 6.92 Å². The predicted molar refractivity (Wildman–Crippen MR) is 103 cm³/mol. The van der Waals surface area contributed by atoms with Gasteiger partial charge in [0.25, 0.3) is 0 Å². The van der Waals surface area contributed by atoms with Gasteiger partial charge in [0.2, 0.25) is 6.29 Å². The maximum Gasteiger partial charge on any atom is 0.228 e. The summed E-state index contributed by atoms with van der Waals surface area (Å²) in [6, 6.07) is 12.6. The van der Waals surface area contributed by atoms with Crippen LogP contribution in [0.15, 0.2) is 58.9 Å². The first-order chi connectivity index (χ1) is 13.9. The quantitative estimate of drug-likeness (QED) is 0.538. The number of aliphatic hydroxyl groups excluding tert-OH is 2. The van der Waals surface area contributed by atoms with Crippen LogP contribution < -0.4 is 4.74 Å². The molecule has 9 heteroatoms. The minimum absolute atomic E-state index is 0.0323. The summed E-state index contributed by atoms with van der Waals surface area (Å²) < 4.78 is 11.0. The van der Waals surface area contributed by atoms with Crippen LogP contribution >= 0.6 is 0 Å². The fraction of sp³-hybridized carbons (Fsp3) is 0.350. The average Bonchev–Trinajstić information content (AvgIpc) is 2.73. The molecule has 152 valence electrons. The molecule has 1 aliphatic rings. The molecular formula is C20H20N2O7. The Hall–Kier alpha value is -3.01. The van der Waals surface area contributed by atoms with Crippen LogP contribution in [-0.4, -0.2) is 53.2 Å². The van der Waals surface area contributed by atoms with Crippen molar-refractivity contribution in [1.82, 2.24) is 0 Å². The highest BCUT2D eigenvalue weighted by Gasteiger charge is 2.47. The van der Waals surface area contributed by atoms with Crippen molar-refractivity contribution in [3.63, 3.8) is 0 Å². The van der Waals surface area contributed by atoms with Gasteiger partial charge in [-0.25, -0.2) is 0 Å². The van der Waals surface area contributed by atoms with Crippen molar-refractivity contribution < 1.29 is 24.5 Å². The largest absolute Gasteiger partial charge is 0.462 e. The molecule has 9 nitrogen and oxygen atoms in total. The monoisotopic (exact) mass is 400 g/mol. The van der Waals surface area contributed by atoms with Gasteiger partial charge < -0.3 is 19.7 Å². The van der Waals surface area contributed by atoms with Gasteiger partial charge >= 0.3 is 0 Å². The summed E-state index contributed by atoms with van der Waals surface area (Å²) in [6.45, 7) is 1.09. The third kappa shape index (κ3) is 4.53. The number of nitrogens with zero attached hydrogens (tertiary/aromatic N) is 2. The van der Waals surface area contributed by atoms with Gasteiger partial charge in [0.15, 0.2) is 11.8 Å². The van der Waals surface area contributed by atoms with E-state index in [2.05, 4.69) is 10.4 Å². The van der Waals surface area contributed by atoms with Crippen LogP contribution in [-0.2, 0) is 4.74 Å². The zero-order valence-corrected chi connectivity index (χ0v) is 15.5. The van der Waals surface area contributed by atoms with Crippen molar-refractivity contribution in [3.05, 3.63) is 63.9 Å². The number of ether oxygens (including phenoxy) is 2. The Morgan fingerprint density at radius 2 is 1.79 bits per heavy atom. The summed E-state index contributed by atoms with van der Waals surface area (Å²) in [5, 5.41) is 25.6. The standard InChI is InChI=1S/C20H20N2O7/c1-11(23)13-3-2-4-14(9-13)12-5-7-15(8-6-12)28-20-19(25)17(22-27)18(24)16(29-20)10-21-26/h2-9,16-20,24-25H,10H2,1H3/t16-,17?,18-,19+,20?/m1/s1. The molecule has 2 aromatic carbocycles. The minimum Gasteiger partial charge on any atom is -0.462 e. The van der Waals surface area contributed by atoms with Gasteiger partial charge in [0.1, 0.15) is 30.6 Å². The molecule has 1 saturated heterocycles. The lowest BCUT2D eigenvalue weighted by molar-refractivity contribution is -0.237. The maximum atomic E-state index is 11.6. The van der Waals surface area contributed by atoms with Crippen LogP contribution in [0, 0.1) is 9.81 Å². The highest BCUT2D eigenvalue weighted by molar-refractivity contribution is 5.95. The minimum atomic E-state index is -1.52. The molecule has 5 atom stereocenters. The van der Waals surface area contributed by atoms with E-state index in [1.807, 2.05) is 6.07 Å². The number of carbonyl (C=O) groups is 1. The van der Waals surface area contributed by atoms with Gasteiger partial charge in [0.05, 0.1) is 0 Å². The van der Waals surface area contributed by atoms with Crippen molar-refractivity contribution in [2.45, 2.75) is 37.6 Å². The van der Waals surface area contributed by atoms with Crippen molar-refractivity contribution in [2.75, 3.05) is 6.54 Å². The second-order valence-electron chi connectivity index (χ2n) is 6.71. The highest BCUT2D eigenvalue weighted by atomic mass is 16.7. The molecule has 0 aromatic heterocycles. The molecule has 0 radical (unpaired) electrons. The van der Waals surface area contributed by atoms with Gasteiger partial charge in [0, 0.05) is 5.56 Å². The van der Waals surface area contributed by atoms with Crippen molar-refractivity contribution in [2.24, 2.45) is 10.4 Å². The topological polar surface area (TPSA) is 135 Å². The first-order valence-corrected chi connectivity index (χ1v) is 8.96. The Labute approximate surface area is 166 Å². The normalized spacial score (nSPS) is 26.5. The van der Waals surface area contributed by atoms with Gasteiger partial charge in [-0.05, 0) is 36.2 Å². The molecule has 0 saturated carbocycles. The van der Waals surface area contributed by atoms with Crippen LogP contribution in [0.3, 0.4) is 0 Å². The SMILES string of the molecule is CC(=O)c1cccc(-c2ccc(OC3O[C@H](CN=O)[C@@H](O)C(N=O)[C@@H]3O)cc2)c1. The third-order valence-electron chi connectivity index (χ3n) is 4.75. The molecule has 2 N–H and O–H groups in total. The van der Waals surface area contributed by atoms with Crippen LogP contribution in [0.2, 0.25) is 0 Å². The number of carbonyl (C=O) groups excluding carboxylic acids is 1. The third-order valence-corrected chi connectivity index (χ3v) is 4.75. The lowest BCUT2D eigenvalue weighted by Crippen LogP contribution is -2.59. The summed E-state index contributed by atoms with van der Waals surface area (Å²) in [5.41, 5.74) is 2.29. The number of rotatable bonds is 7. The Balaban J connectivity index is 1.76. The van der Waals surface area contributed by atoms with E-state index in [0.29, 0.717) is 11.3 Å². The van der Waals surface area contributed by atoms with E-state index in [9.17, 15) is 24.8 Å². The molecule has 0 spiro atoms. The second kappa shape index (κ2) is 8.99. The number of nitroso groups, excluding NO2 is 2. The van der Waals surface area contributed by atoms with E-state index in [4.69, 9.17) is 9.47 Å². The van der Waals surface area contributed by atoms with Crippen LogP contribution in [0.1, 0.15) is 17.3 Å². The molecule has 29 heavy (non-hydrogen) atoms. The second-order valence-corrected chi connectivity index (χ2v) is 6.71. The van der Waals surface area contributed by atoms with Gasteiger partial charge in [-0.15, -0.1) is 0 Å². The molecule has 1 heterocycles. The van der Waals surface area contributed by atoms with Crippen molar-refractivity contribution in [1.29, 1.82) is 0 Å². The Bertz CT molecular complexity index is 887. The smallest absolute Gasteiger partial charge is 0.228 e. The maximum absolute atomic E-state index is 11.6. The number of hydrogen-bond donors (Lipinski definition) is 2. The van der Waals surface area contributed by atoms with E-state index < -0.39 is 37.2 Å². The number of hydrogen-bond acceptors (Lipinski definition) is 9. The molecular weight excluding hydrogens is 380 g/mol. The van der Waals surface area contributed by atoms with Crippen molar-refractivity contribution in [3.8, 4) is 16.9 Å². The Kier molecular flexibility index (Phi) is 6.42. The van der Waals surface area contributed by atoms with Crippen LogP contribution in [0.4, 0.5) is 0 Å². The fourth-order valence-corrected chi connectivity index (χ4v) is 3.14. The predicted octanol–water partition coefficient (Wildman–Crippen LogP) is 2.28. The summed E-state index contributed by atoms with van der Waals surface area (Å²) >= 11 is 0. The number of benzene rings is 2. The molecule has 3 rings (SSSR count). The summed E-state index contributed by atoms with van der Waals surface area (Å²) in [5.74, 6) is 0.300. The number of aliphatic hydroxyl groups is 2. The van der Waals surface area contributed by atoms with Crippen molar-refractivity contribution >= 4 is 5.78 Å². The molecule has 0 bridgehead atoms. The Morgan fingerprint density at radius 3 is 2.41 bits per heavy atom. The highest BCUT2D eigenvalue weighted by Crippen LogP contribution is 2.28. The molecule has 1 fully saturated rings. The lowest BCUT2D eigenvalue weighted by Gasteiger charge is -2.38. The zero-order valence-electron chi connectivity index (χ0n) is 15.5. The van der Waals surface area contributed by atoms with E-state index in [1.54, 1.807) is 42.5 Å². The average molecular weight is 400 g/mol. The number of Topliss-reactive ketones (excluding diaryl/α,β-unsaturated/α-hetero) is 1. The molecule has 0 aliphatic carbocycles. The fourth-order valence-electron chi connectivity index (χ4n) is 3.14. The van der Waals surface area contributed by atoms with Gasteiger partial charge in [-0.1, -0.05) is 40.7 Å². The van der Waals surface area contributed by atoms with E-state index in [-0.39, 0.29) is 5.78 Å².